The second kappa shape index (κ2) is 9.69. The highest BCUT2D eigenvalue weighted by molar-refractivity contribution is 7.99. The summed E-state index contributed by atoms with van der Waals surface area (Å²) in [7, 11) is 0. The van der Waals surface area contributed by atoms with Crippen LogP contribution in [0.5, 0.6) is 0 Å². The van der Waals surface area contributed by atoms with Crippen molar-refractivity contribution in [1.82, 2.24) is 14.9 Å². The molecule has 0 radical (unpaired) electrons. The Labute approximate surface area is 183 Å². The third-order valence-electron chi connectivity index (χ3n) is 5.76. The molecule has 0 aliphatic heterocycles. The molecule has 162 valence electrons. The van der Waals surface area contributed by atoms with Gasteiger partial charge in [-0.3, -0.25) is 9.59 Å². The number of amides is 2. The fraction of sp³-hybridized carbons (Fsp3) is 0.522. The second-order valence-corrected chi connectivity index (χ2v) is 9.20. The van der Waals surface area contributed by atoms with Gasteiger partial charge in [0.05, 0.1) is 18.0 Å². The molecule has 1 fully saturated rings. The molecule has 30 heavy (non-hydrogen) atoms. The Balaban J connectivity index is 1.52. The first-order valence-corrected chi connectivity index (χ1v) is 11.6. The van der Waals surface area contributed by atoms with Crippen LogP contribution in [-0.4, -0.2) is 33.7 Å². The van der Waals surface area contributed by atoms with E-state index in [0.717, 1.165) is 33.2 Å². The van der Waals surface area contributed by atoms with Gasteiger partial charge < -0.3 is 15.2 Å². The van der Waals surface area contributed by atoms with Crippen LogP contribution in [0.25, 0.3) is 0 Å². The number of hydrogen-bond donors (Lipinski definition) is 2. The second-order valence-electron chi connectivity index (χ2n) is 8.26. The Kier molecular flexibility index (Phi) is 7.23. The first kappa shape index (κ1) is 22.4. The Hall–Kier alpha value is -2.28. The average molecular weight is 429 g/mol. The highest BCUT2D eigenvalue weighted by Gasteiger charge is 2.23. The van der Waals surface area contributed by atoms with Crippen LogP contribution >= 0.6 is 11.8 Å². The predicted molar refractivity (Wildman–Crippen MR) is 122 cm³/mol. The molecular formula is C23H32N4O2S. The van der Waals surface area contributed by atoms with Gasteiger partial charge in [-0.05, 0) is 58.6 Å². The SMILES string of the molecule is Cc1cc(C)c(NC(=O)CNC(=O)CSc2nc(C)c(C)n2C2CCCC2)c(C)c1. The molecule has 1 heterocycles. The van der Waals surface area contributed by atoms with Crippen molar-refractivity contribution in [3.8, 4) is 0 Å². The normalized spacial score (nSPS) is 14.2. The van der Waals surface area contributed by atoms with Gasteiger partial charge in [0.1, 0.15) is 0 Å². The summed E-state index contributed by atoms with van der Waals surface area (Å²) in [5, 5.41) is 6.54. The van der Waals surface area contributed by atoms with Crippen LogP contribution in [0.15, 0.2) is 17.3 Å². The number of carbonyl (C=O) groups excluding carboxylic acids is 2. The van der Waals surface area contributed by atoms with Gasteiger partial charge in [-0.1, -0.05) is 42.3 Å². The molecule has 0 saturated heterocycles. The van der Waals surface area contributed by atoms with E-state index in [0.29, 0.717) is 6.04 Å². The Morgan fingerprint density at radius 3 is 2.33 bits per heavy atom. The van der Waals surface area contributed by atoms with Crippen LogP contribution in [0, 0.1) is 34.6 Å². The molecule has 3 rings (SSSR count). The molecule has 7 heteroatoms. The first-order valence-electron chi connectivity index (χ1n) is 10.6. The van der Waals surface area contributed by atoms with E-state index < -0.39 is 0 Å². The quantitative estimate of drug-likeness (QED) is 0.642. The maximum Gasteiger partial charge on any atom is 0.243 e. The molecule has 2 aromatic rings. The standard InChI is InChI=1S/C23H32N4O2S/c1-14-10-15(2)22(16(3)11-14)26-20(28)12-24-21(29)13-30-23-25-17(4)18(5)27(23)19-8-6-7-9-19/h10-11,19H,6-9,12-13H2,1-5H3,(H,24,29)(H,26,28). The summed E-state index contributed by atoms with van der Waals surface area (Å²) in [4.78, 5) is 29.3. The molecular weight excluding hydrogens is 396 g/mol. The summed E-state index contributed by atoms with van der Waals surface area (Å²) in [5.41, 5.74) is 6.23. The summed E-state index contributed by atoms with van der Waals surface area (Å²) in [6, 6.07) is 4.56. The number of nitrogens with one attached hydrogen (secondary N) is 2. The summed E-state index contributed by atoms with van der Waals surface area (Å²) < 4.78 is 2.30. The minimum absolute atomic E-state index is 0.0404. The van der Waals surface area contributed by atoms with Crippen molar-refractivity contribution >= 4 is 29.3 Å². The summed E-state index contributed by atoms with van der Waals surface area (Å²) in [6.07, 6.45) is 4.85. The minimum Gasteiger partial charge on any atom is -0.346 e. The number of rotatable bonds is 7. The largest absolute Gasteiger partial charge is 0.346 e. The van der Waals surface area contributed by atoms with Crippen molar-refractivity contribution in [3.05, 3.63) is 40.2 Å². The maximum atomic E-state index is 12.3. The lowest BCUT2D eigenvalue weighted by atomic mass is 10.1. The van der Waals surface area contributed by atoms with Crippen molar-refractivity contribution in [2.24, 2.45) is 0 Å². The molecule has 1 aliphatic carbocycles. The summed E-state index contributed by atoms with van der Waals surface area (Å²) >= 11 is 1.45. The van der Waals surface area contributed by atoms with E-state index in [2.05, 4.69) is 27.1 Å². The van der Waals surface area contributed by atoms with E-state index >= 15 is 0 Å². The lowest BCUT2D eigenvalue weighted by Gasteiger charge is -2.17. The number of aromatic nitrogens is 2. The van der Waals surface area contributed by atoms with Crippen LogP contribution in [-0.2, 0) is 9.59 Å². The average Bonchev–Trinajstić information content (AvgIpc) is 3.29. The van der Waals surface area contributed by atoms with E-state index in [1.54, 1.807) is 0 Å². The van der Waals surface area contributed by atoms with Gasteiger partial charge in [-0.15, -0.1) is 0 Å². The van der Waals surface area contributed by atoms with Crippen LogP contribution in [0.4, 0.5) is 5.69 Å². The number of anilines is 1. The van der Waals surface area contributed by atoms with Gasteiger partial charge >= 0.3 is 0 Å². The van der Waals surface area contributed by atoms with E-state index in [1.807, 2.05) is 39.8 Å². The number of aryl methyl sites for hydroxylation is 4. The number of nitrogens with zero attached hydrogens (tertiary/aromatic N) is 2. The van der Waals surface area contributed by atoms with E-state index in [-0.39, 0.29) is 24.1 Å². The van der Waals surface area contributed by atoms with E-state index in [1.165, 1.54) is 43.1 Å². The Morgan fingerprint density at radius 1 is 1.07 bits per heavy atom. The smallest absolute Gasteiger partial charge is 0.243 e. The highest BCUT2D eigenvalue weighted by atomic mass is 32.2. The van der Waals surface area contributed by atoms with Gasteiger partial charge in [0.25, 0.3) is 0 Å². The lowest BCUT2D eigenvalue weighted by molar-refractivity contribution is -0.122. The van der Waals surface area contributed by atoms with E-state index in [4.69, 9.17) is 0 Å². The van der Waals surface area contributed by atoms with Crippen LogP contribution < -0.4 is 10.6 Å². The number of imidazole rings is 1. The number of thioether (sulfide) groups is 1. The molecule has 0 unspecified atom stereocenters. The first-order chi connectivity index (χ1) is 14.3. The van der Waals surface area contributed by atoms with Crippen molar-refractivity contribution in [1.29, 1.82) is 0 Å². The van der Waals surface area contributed by atoms with Crippen LogP contribution in [0.2, 0.25) is 0 Å². The van der Waals surface area contributed by atoms with Gasteiger partial charge in [0.2, 0.25) is 11.8 Å². The van der Waals surface area contributed by atoms with Crippen LogP contribution in [0.1, 0.15) is 59.8 Å². The zero-order valence-corrected chi connectivity index (χ0v) is 19.4. The molecule has 0 atom stereocenters. The Bertz CT molecular complexity index is 922. The zero-order chi connectivity index (χ0) is 21.8. The molecule has 1 saturated carbocycles. The lowest BCUT2D eigenvalue weighted by Crippen LogP contribution is -2.34. The summed E-state index contributed by atoms with van der Waals surface area (Å²) in [6.45, 7) is 10.1. The number of hydrogen-bond acceptors (Lipinski definition) is 4. The fourth-order valence-corrected chi connectivity index (χ4v) is 5.20. The van der Waals surface area contributed by atoms with Gasteiger partial charge in [0, 0.05) is 17.4 Å². The monoisotopic (exact) mass is 428 g/mol. The molecule has 1 aliphatic rings. The maximum absolute atomic E-state index is 12.3. The van der Waals surface area contributed by atoms with Crippen molar-refractivity contribution in [3.63, 3.8) is 0 Å². The highest BCUT2D eigenvalue weighted by Crippen LogP contribution is 2.35. The van der Waals surface area contributed by atoms with Gasteiger partial charge in [-0.2, -0.15) is 0 Å². The van der Waals surface area contributed by atoms with Crippen molar-refractivity contribution in [2.75, 3.05) is 17.6 Å². The van der Waals surface area contributed by atoms with Crippen molar-refractivity contribution < 1.29 is 9.59 Å². The molecule has 1 aromatic carbocycles. The molecule has 2 amide bonds. The Morgan fingerprint density at radius 2 is 1.70 bits per heavy atom. The third kappa shape index (κ3) is 5.25. The summed E-state index contributed by atoms with van der Waals surface area (Å²) in [5.74, 6) is -0.135. The number of carbonyl (C=O) groups is 2. The van der Waals surface area contributed by atoms with E-state index in [9.17, 15) is 9.59 Å². The fourth-order valence-electron chi connectivity index (χ4n) is 4.21. The molecule has 0 spiro atoms. The van der Waals surface area contributed by atoms with Gasteiger partial charge in [-0.25, -0.2) is 4.98 Å². The molecule has 2 N–H and O–H groups in total. The van der Waals surface area contributed by atoms with Gasteiger partial charge in [0.15, 0.2) is 5.16 Å². The van der Waals surface area contributed by atoms with Crippen molar-refractivity contribution in [2.45, 2.75) is 71.5 Å². The topological polar surface area (TPSA) is 76.0 Å². The molecule has 0 bridgehead atoms. The third-order valence-corrected chi connectivity index (χ3v) is 6.72. The number of benzene rings is 1. The minimum atomic E-state index is -0.220. The predicted octanol–water partition coefficient (Wildman–Crippen LogP) is 4.39. The molecule has 6 nitrogen and oxygen atoms in total. The molecule has 1 aromatic heterocycles. The zero-order valence-electron chi connectivity index (χ0n) is 18.6. The van der Waals surface area contributed by atoms with Crippen LogP contribution in [0.3, 0.4) is 0 Å².